The number of hydrogen-bond acceptors (Lipinski definition) is 3. The molecule has 0 bridgehead atoms. The molecule has 0 aliphatic carbocycles. The van der Waals surface area contributed by atoms with E-state index in [4.69, 9.17) is 0 Å². The fourth-order valence-corrected chi connectivity index (χ4v) is 2.54. The first kappa shape index (κ1) is 14.9. The molecule has 0 unspecified atom stereocenters. The van der Waals surface area contributed by atoms with Crippen LogP contribution in [0.1, 0.15) is 42.6 Å². The summed E-state index contributed by atoms with van der Waals surface area (Å²) in [6.45, 7) is 7.90. The summed E-state index contributed by atoms with van der Waals surface area (Å²) in [6, 6.07) is 5.87. The molecule has 2 rings (SSSR count). The van der Waals surface area contributed by atoms with E-state index < -0.39 is 5.60 Å². The largest absolute Gasteiger partial charge is 0.390 e. The third-order valence-corrected chi connectivity index (χ3v) is 3.90. The topological polar surface area (TPSA) is 52.6 Å². The standard InChI is InChI=1S/C16H24N2O2/c1-4-17-14-11-12(2)5-6-13(14)15(19)18-9-7-16(3,20)8-10-18/h5-6,11,17,20H,4,7-10H2,1-3H3. The van der Waals surface area contributed by atoms with Gasteiger partial charge in [-0.25, -0.2) is 0 Å². The quantitative estimate of drug-likeness (QED) is 0.891. The number of piperidine rings is 1. The molecule has 1 aliphatic heterocycles. The molecule has 0 aromatic heterocycles. The minimum atomic E-state index is -0.630. The van der Waals surface area contributed by atoms with Gasteiger partial charge in [-0.15, -0.1) is 0 Å². The number of benzene rings is 1. The number of hydrogen-bond donors (Lipinski definition) is 2. The van der Waals surface area contributed by atoms with Gasteiger partial charge >= 0.3 is 0 Å². The molecule has 1 fully saturated rings. The Hall–Kier alpha value is -1.55. The van der Waals surface area contributed by atoms with Crippen molar-refractivity contribution in [2.45, 2.75) is 39.2 Å². The molecule has 2 N–H and O–H groups in total. The van der Waals surface area contributed by atoms with Gasteiger partial charge in [0.05, 0.1) is 11.2 Å². The number of nitrogens with zero attached hydrogens (tertiary/aromatic N) is 1. The van der Waals surface area contributed by atoms with Gasteiger partial charge in [0.25, 0.3) is 5.91 Å². The minimum Gasteiger partial charge on any atom is -0.390 e. The van der Waals surface area contributed by atoms with E-state index in [2.05, 4.69) is 5.32 Å². The van der Waals surface area contributed by atoms with Crippen LogP contribution in [0.2, 0.25) is 0 Å². The molecule has 1 aromatic rings. The highest BCUT2D eigenvalue weighted by Crippen LogP contribution is 2.25. The Kier molecular flexibility index (Phi) is 4.33. The lowest BCUT2D eigenvalue weighted by Crippen LogP contribution is -2.45. The van der Waals surface area contributed by atoms with E-state index in [1.54, 1.807) is 0 Å². The molecule has 1 aromatic carbocycles. The maximum atomic E-state index is 12.6. The van der Waals surface area contributed by atoms with Gasteiger partial charge in [0.1, 0.15) is 0 Å². The van der Waals surface area contributed by atoms with Crippen molar-refractivity contribution in [2.24, 2.45) is 0 Å². The summed E-state index contributed by atoms with van der Waals surface area (Å²) in [5, 5.41) is 13.2. The Bertz CT molecular complexity index is 487. The second kappa shape index (κ2) is 5.83. The normalized spacial score (nSPS) is 17.9. The lowest BCUT2D eigenvalue weighted by molar-refractivity contribution is -0.00199. The third kappa shape index (κ3) is 3.31. The molecule has 1 saturated heterocycles. The van der Waals surface area contributed by atoms with Crippen molar-refractivity contribution in [3.8, 4) is 0 Å². The summed E-state index contributed by atoms with van der Waals surface area (Å²) < 4.78 is 0. The van der Waals surface area contributed by atoms with Gasteiger partial charge in [0, 0.05) is 25.3 Å². The second-order valence-electron chi connectivity index (χ2n) is 5.87. The number of aliphatic hydroxyl groups is 1. The Labute approximate surface area is 120 Å². The minimum absolute atomic E-state index is 0.0523. The van der Waals surface area contributed by atoms with Crippen LogP contribution in [0.25, 0.3) is 0 Å². The summed E-state index contributed by atoms with van der Waals surface area (Å²) in [4.78, 5) is 14.5. The lowest BCUT2D eigenvalue weighted by atomic mass is 9.93. The fraction of sp³-hybridized carbons (Fsp3) is 0.562. The molecule has 1 heterocycles. The van der Waals surface area contributed by atoms with Crippen LogP contribution in [0.15, 0.2) is 18.2 Å². The van der Waals surface area contributed by atoms with Crippen LogP contribution >= 0.6 is 0 Å². The number of carbonyl (C=O) groups excluding carboxylic acids is 1. The Morgan fingerprint density at radius 2 is 2.05 bits per heavy atom. The van der Waals surface area contributed by atoms with Crippen molar-refractivity contribution in [3.63, 3.8) is 0 Å². The molecule has 20 heavy (non-hydrogen) atoms. The number of rotatable bonds is 3. The van der Waals surface area contributed by atoms with Crippen LogP contribution in [0.4, 0.5) is 5.69 Å². The van der Waals surface area contributed by atoms with Crippen molar-refractivity contribution in [3.05, 3.63) is 29.3 Å². The summed E-state index contributed by atoms with van der Waals surface area (Å²) in [7, 11) is 0. The van der Waals surface area contributed by atoms with Gasteiger partial charge in [-0.05, 0) is 51.3 Å². The molecule has 1 amide bonds. The van der Waals surface area contributed by atoms with Gasteiger partial charge in [-0.1, -0.05) is 6.07 Å². The van der Waals surface area contributed by atoms with E-state index in [9.17, 15) is 9.90 Å². The number of carbonyl (C=O) groups is 1. The van der Waals surface area contributed by atoms with Crippen molar-refractivity contribution in [1.29, 1.82) is 0 Å². The summed E-state index contributed by atoms with van der Waals surface area (Å²) >= 11 is 0. The van der Waals surface area contributed by atoms with Crippen LogP contribution in [0, 0.1) is 6.92 Å². The van der Waals surface area contributed by atoms with Crippen molar-refractivity contribution in [1.82, 2.24) is 4.90 Å². The van der Waals surface area contributed by atoms with Gasteiger partial charge in [-0.2, -0.15) is 0 Å². The van der Waals surface area contributed by atoms with Crippen molar-refractivity contribution < 1.29 is 9.90 Å². The van der Waals surface area contributed by atoms with E-state index in [0.717, 1.165) is 23.4 Å². The summed E-state index contributed by atoms with van der Waals surface area (Å²) in [6.07, 6.45) is 1.28. The maximum absolute atomic E-state index is 12.6. The number of amides is 1. The predicted octanol–water partition coefficient (Wildman–Crippen LogP) is 2.41. The lowest BCUT2D eigenvalue weighted by Gasteiger charge is -2.36. The molecule has 0 radical (unpaired) electrons. The van der Waals surface area contributed by atoms with Crippen molar-refractivity contribution >= 4 is 11.6 Å². The number of likely N-dealkylation sites (tertiary alicyclic amines) is 1. The van der Waals surface area contributed by atoms with Crippen molar-refractivity contribution in [2.75, 3.05) is 25.0 Å². The van der Waals surface area contributed by atoms with Gasteiger partial charge in [0.15, 0.2) is 0 Å². The van der Waals surface area contributed by atoms with Gasteiger partial charge in [0.2, 0.25) is 0 Å². The molecule has 0 saturated carbocycles. The zero-order valence-corrected chi connectivity index (χ0v) is 12.6. The van der Waals surface area contributed by atoms with Crippen LogP contribution in [0.3, 0.4) is 0 Å². The summed E-state index contributed by atoms with van der Waals surface area (Å²) in [5.41, 5.74) is 2.13. The SMILES string of the molecule is CCNc1cc(C)ccc1C(=O)N1CCC(C)(O)CC1. The molecule has 110 valence electrons. The molecule has 4 heteroatoms. The Balaban J connectivity index is 2.17. The highest BCUT2D eigenvalue weighted by atomic mass is 16.3. The van der Waals surface area contributed by atoms with Gasteiger partial charge in [-0.3, -0.25) is 4.79 Å². The van der Waals surface area contributed by atoms with Gasteiger partial charge < -0.3 is 15.3 Å². The fourth-order valence-electron chi connectivity index (χ4n) is 2.54. The predicted molar refractivity (Wildman–Crippen MR) is 81.1 cm³/mol. The first-order valence-corrected chi connectivity index (χ1v) is 7.29. The third-order valence-electron chi connectivity index (χ3n) is 3.90. The molecular formula is C16H24N2O2. The van der Waals surface area contributed by atoms with E-state index >= 15 is 0 Å². The highest BCUT2D eigenvalue weighted by Gasteiger charge is 2.30. The van der Waals surface area contributed by atoms with Crippen LogP contribution < -0.4 is 5.32 Å². The maximum Gasteiger partial charge on any atom is 0.255 e. The highest BCUT2D eigenvalue weighted by molar-refractivity contribution is 5.99. The molecular weight excluding hydrogens is 252 g/mol. The zero-order chi connectivity index (χ0) is 14.8. The molecule has 4 nitrogen and oxygen atoms in total. The van der Waals surface area contributed by atoms with E-state index in [1.807, 2.05) is 43.9 Å². The number of aryl methyl sites for hydroxylation is 1. The first-order valence-electron chi connectivity index (χ1n) is 7.29. The number of nitrogens with one attached hydrogen (secondary N) is 1. The molecule has 1 aliphatic rings. The molecule has 0 atom stereocenters. The average Bonchev–Trinajstić information content (AvgIpc) is 2.38. The smallest absolute Gasteiger partial charge is 0.255 e. The van der Waals surface area contributed by atoms with Crippen LogP contribution in [-0.2, 0) is 0 Å². The Morgan fingerprint density at radius 1 is 1.40 bits per heavy atom. The van der Waals surface area contributed by atoms with E-state index in [1.165, 1.54) is 0 Å². The monoisotopic (exact) mass is 276 g/mol. The second-order valence-corrected chi connectivity index (χ2v) is 5.87. The molecule has 0 spiro atoms. The summed E-state index contributed by atoms with van der Waals surface area (Å²) in [5.74, 6) is 0.0523. The van der Waals surface area contributed by atoms with E-state index in [0.29, 0.717) is 25.9 Å². The van der Waals surface area contributed by atoms with Crippen LogP contribution in [0.5, 0.6) is 0 Å². The average molecular weight is 276 g/mol. The zero-order valence-electron chi connectivity index (χ0n) is 12.6. The van der Waals surface area contributed by atoms with E-state index in [-0.39, 0.29) is 5.91 Å². The Morgan fingerprint density at radius 3 is 2.65 bits per heavy atom. The first-order chi connectivity index (χ1) is 9.43. The van der Waals surface area contributed by atoms with Crippen LogP contribution in [-0.4, -0.2) is 41.1 Å². The number of anilines is 1.